The van der Waals surface area contributed by atoms with Gasteiger partial charge in [0.25, 0.3) is 5.56 Å². The predicted molar refractivity (Wildman–Crippen MR) is 103 cm³/mol. The zero-order valence-corrected chi connectivity index (χ0v) is 15.8. The lowest BCUT2D eigenvalue weighted by atomic mass is 9.95. The monoisotopic (exact) mass is 372 g/mol. The molecule has 1 saturated heterocycles. The van der Waals surface area contributed by atoms with Crippen LogP contribution in [-0.2, 0) is 11.8 Å². The molecule has 1 aliphatic rings. The zero-order chi connectivity index (χ0) is 19.4. The summed E-state index contributed by atoms with van der Waals surface area (Å²) in [7, 11) is 4.76. The van der Waals surface area contributed by atoms with Gasteiger partial charge in [0, 0.05) is 38.2 Å². The molecule has 0 spiro atoms. The van der Waals surface area contributed by atoms with Crippen LogP contribution in [0.1, 0.15) is 12.8 Å². The Morgan fingerprint density at radius 3 is 2.56 bits per heavy atom. The molecule has 1 fully saturated rings. The van der Waals surface area contributed by atoms with E-state index < -0.39 is 0 Å². The minimum atomic E-state index is -0.140. The van der Waals surface area contributed by atoms with Gasteiger partial charge in [-0.15, -0.1) is 0 Å². The molecule has 144 valence electrons. The lowest BCUT2D eigenvalue weighted by Gasteiger charge is -2.32. The normalized spacial score (nSPS) is 14.7. The van der Waals surface area contributed by atoms with Crippen LogP contribution in [0.2, 0.25) is 0 Å². The van der Waals surface area contributed by atoms with E-state index in [0.29, 0.717) is 43.1 Å². The second kappa shape index (κ2) is 8.11. The third kappa shape index (κ3) is 4.21. The van der Waals surface area contributed by atoms with Crippen molar-refractivity contribution in [2.24, 2.45) is 13.0 Å². The first-order valence-corrected chi connectivity index (χ1v) is 8.83. The number of nitrogens with one attached hydrogen (secondary N) is 1. The Labute approximate surface area is 157 Å². The number of carbonyl (C=O) groups is 1. The lowest BCUT2D eigenvalue weighted by Crippen LogP contribution is -2.39. The van der Waals surface area contributed by atoms with Gasteiger partial charge in [0.2, 0.25) is 5.91 Å². The van der Waals surface area contributed by atoms with Crippen LogP contribution >= 0.6 is 0 Å². The quantitative estimate of drug-likeness (QED) is 0.859. The molecule has 0 unspecified atom stereocenters. The molecule has 8 nitrogen and oxygen atoms in total. The molecule has 1 aromatic carbocycles. The fraction of sp³-hybridized carbons (Fsp3) is 0.421. The van der Waals surface area contributed by atoms with Crippen molar-refractivity contribution in [2.45, 2.75) is 12.8 Å². The molecule has 1 aromatic heterocycles. The summed E-state index contributed by atoms with van der Waals surface area (Å²) in [6.45, 7) is 1.40. The summed E-state index contributed by atoms with van der Waals surface area (Å²) in [5.41, 5.74) is 1.29. The fourth-order valence-corrected chi connectivity index (χ4v) is 3.17. The molecule has 27 heavy (non-hydrogen) atoms. The van der Waals surface area contributed by atoms with Crippen LogP contribution in [0.3, 0.4) is 0 Å². The van der Waals surface area contributed by atoms with Crippen molar-refractivity contribution in [1.29, 1.82) is 0 Å². The highest BCUT2D eigenvalue weighted by Crippen LogP contribution is 2.30. The summed E-state index contributed by atoms with van der Waals surface area (Å²) in [5, 5.41) is 7.01. The zero-order valence-electron chi connectivity index (χ0n) is 15.8. The molecule has 8 heteroatoms. The maximum Gasteiger partial charge on any atom is 0.268 e. The van der Waals surface area contributed by atoms with Crippen molar-refractivity contribution in [2.75, 3.05) is 37.5 Å². The van der Waals surface area contributed by atoms with Gasteiger partial charge in [-0.3, -0.25) is 9.59 Å². The van der Waals surface area contributed by atoms with E-state index in [1.807, 2.05) is 0 Å². The molecule has 1 amide bonds. The number of anilines is 2. The smallest absolute Gasteiger partial charge is 0.268 e. The van der Waals surface area contributed by atoms with Gasteiger partial charge in [0.15, 0.2) is 0 Å². The van der Waals surface area contributed by atoms with Crippen LogP contribution in [0.25, 0.3) is 0 Å². The number of hydrogen-bond acceptors (Lipinski definition) is 6. The second-order valence-corrected chi connectivity index (χ2v) is 6.49. The van der Waals surface area contributed by atoms with Crippen molar-refractivity contribution in [3.63, 3.8) is 0 Å². The molecular formula is C19H24N4O4. The van der Waals surface area contributed by atoms with Crippen LogP contribution < -0.4 is 25.2 Å². The van der Waals surface area contributed by atoms with E-state index in [2.05, 4.69) is 15.3 Å². The number of aromatic nitrogens is 2. The average molecular weight is 372 g/mol. The molecule has 3 rings (SSSR count). The average Bonchev–Trinajstić information content (AvgIpc) is 2.70. The molecule has 0 aliphatic carbocycles. The van der Waals surface area contributed by atoms with Crippen molar-refractivity contribution in [3.05, 3.63) is 40.8 Å². The van der Waals surface area contributed by atoms with Crippen molar-refractivity contribution in [1.82, 2.24) is 9.78 Å². The highest BCUT2D eigenvalue weighted by molar-refractivity contribution is 5.94. The maximum atomic E-state index is 12.6. The first-order valence-electron chi connectivity index (χ1n) is 8.83. The van der Waals surface area contributed by atoms with Crippen LogP contribution in [0.5, 0.6) is 11.5 Å². The van der Waals surface area contributed by atoms with Crippen LogP contribution in [0, 0.1) is 5.92 Å². The van der Waals surface area contributed by atoms with Gasteiger partial charge in [-0.1, -0.05) is 0 Å². The largest absolute Gasteiger partial charge is 0.497 e. The van der Waals surface area contributed by atoms with Crippen molar-refractivity contribution >= 4 is 17.3 Å². The van der Waals surface area contributed by atoms with E-state index in [1.54, 1.807) is 51.7 Å². The van der Waals surface area contributed by atoms with Gasteiger partial charge in [-0.25, -0.2) is 4.68 Å². The van der Waals surface area contributed by atoms with Gasteiger partial charge in [-0.05, 0) is 25.0 Å². The number of hydrogen-bond donors (Lipinski definition) is 1. The third-order valence-corrected chi connectivity index (χ3v) is 4.85. The first kappa shape index (κ1) is 18.8. The minimum Gasteiger partial charge on any atom is -0.497 e. The standard InChI is InChI=1S/C19H24N4O4/c1-22-18(24)10-14(12-20-22)23-8-6-13(7-9-23)19(25)21-16-5-4-15(26-2)11-17(16)27-3/h4-5,10-13H,6-9H2,1-3H3,(H,21,25). The van der Waals surface area contributed by atoms with Gasteiger partial charge in [0.1, 0.15) is 11.5 Å². The number of aryl methyl sites for hydroxylation is 1. The summed E-state index contributed by atoms with van der Waals surface area (Å²) in [6, 6.07) is 6.87. The lowest BCUT2D eigenvalue weighted by molar-refractivity contribution is -0.120. The molecule has 0 atom stereocenters. The van der Waals surface area contributed by atoms with E-state index in [1.165, 1.54) is 4.68 Å². The SMILES string of the molecule is COc1ccc(NC(=O)C2CCN(c3cnn(C)c(=O)c3)CC2)c(OC)c1. The van der Waals surface area contributed by atoms with Crippen LogP contribution in [-0.4, -0.2) is 43.0 Å². The molecular weight excluding hydrogens is 348 g/mol. The van der Waals surface area contributed by atoms with Gasteiger partial charge in [0.05, 0.1) is 31.8 Å². The van der Waals surface area contributed by atoms with Crippen LogP contribution in [0.15, 0.2) is 35.3 Å². The van der Waals surface area contributed by atoms with Crippen molar-refractivity contribution < 1.29 is 14.3 Å². The van der Waals surface area contributed by atoms with Gasteiger partial charge < -0.3 is 19.7 Å². The Balaban J connectivity index is 1.61. The molecule has 1 N–H and O–H groups in total. The molecule has 1 aliphatic heterocycles. The number of methoxy groups -OCH3 is 2. The van der Waals surface area contributed by atoms with E-state index in [9.17, 15) is 9.59 Å². The summed E-state index contributed by atoms with van der Waals surface area (Å²) >= 11 is 0. The molecule has 2 heterocycles. The van der Waals surface area contributed by atoms with E-state index in [4.69, 9.17) is 9.47 Å². The molecule has 0 radical (unpaired) electrons. The number of piperidine rings is 1. The van der Waals surface area contributed by atoms with E-state index in [0.717, 1.165) is 5.69 Å². The second-order valence-electron chi connectivity index (χ2n) is 6.49. The Bertz CT molecular complexity index is 872. The Morgan fingerprint density at radius 2 is 1.93 bits per heavy atom. The number of nitrogens with zero attached hydrogens (tertiary/aromatic N) is 3. The maximum absolute atomic E-state index is 12.6. The predicted octanol–water partition coefficient (Wildman–Crippen LogP) is 1.65. The molecule has 0 saturated carbocycles. The summed E-state index contributed by atoms with van der Waals surface area (Å²) < 4.78 is 11.8. The molecule has 2 aromatic rings. The van der Waals surface area contributed by atoms with Crippen LogP contribution in [0.4, 0.5) is 11.4 Å². The number of carbonyl (C=O) groups excluding carboxylic acids is 1. The van der Waals surface area contributed by atoms with Crippen molar-refractivity contribution in [3.8, 4) is 11.5 Å². The number of ether oxygens (including phenoxy) is 2. The Kier molecular flexibility index (Phi) is 5.63. The highest BCUT2D eigenvalue weighted by Gasteiger charge is 2.26. The van der Waals surface area contributed by atoms with E-state index >= 15 is 0 Å². The van der Waals surface area contributed by atoms with Gasteiger partial charge >= 0.3 is 0 Å². The number of amides is 1. The fourth-order valence-electron chi connectivity index (χ4n) is 3.17. The Hall–Kier alpha value is -3.03. The number of benzene rings is 1. The topological polar surface area (TPSA) is 85.7 Å². The minimum absolute atomic E-state index is 0.0276. The summed E-state index contributed by atoms with van der Waals surface area (Å²) in [6.07, 6.45) is 3.10. The van der Waals surface area contributed by atoms with E-state index in [-0.39, 0.29) is 17.4 Å². The Morgan fingerprint density at radius 1 is 1.19 bits per heavy atom. The van der Waals surface area contributed by atoms with Gasteiger partial charge in [-0.2, -0.15) is 5.10 Å². The highest BCUT2D eigenvalue weighted by atomic mass is 16.5. The third-order valence-electron chi connectivity index (χ3n) is 4.85. The summed E-state index contributed by atoms with van der Waals surface area (Å²) in [4.78, 5) is 26.5. The molecule has 0 bridgehead atoms. The summed E-state index contributed by atoms with van der Waals surface area (Å²) in [5.74, 6) is 1.11. The number of rotatable bonds is 5. The first-order chi connectivity index (χ1) is 13.0.